The summed E-state index contributed by atoms with van der Waals surface area (Å²) in [4.78, 5) is 4.58. The fourth-order valence-electron chi connectivity index (χ4n) is 3.86. The van der Waals surface area contributed by atoms with Crippen LogP contribution in [0.2, 0.25) is 0 Å². The van der Waals surface area contributed by atoms with Gasteiger partial charge in [-0.25, -0.2) is 0 Å². The summed E-state index contributed by atoms with van der Waals surface area (Å²) < 4.78 is 6.19. The highest BCUT2D eigenvalue weighted by Crippen LogP contribution is 2.38. The minimum atomic E-state index is 0.167. The fourth-order valence-corrected chi connectivity index (χ4v) is 3.86. The summed E-state index contributed by atoms with van der Waals surface area (Å²) in [5.41, 5.74) is 2.59. The number of hydrogen-bond acceptors (Lipinski definition) is 3. The number of nitrogens with zero attached hydrogens (tertiary/aromatic N) is 1. The van der Waals surface area contributed by atoms with Gasteiger partial charge >= 0.3 is 0 Å². The number of ether oxygens (including phenoxy) is 1. The molecule has 3 heterocycles. The van der Waals surface area contributed by atoms with Gasteiger partial charge in [0.2, 0.25) is 0 Å². The van der Waals surface area contributed by atoms with Gasteiger partial charge in [0, 0.05) is 11.6 Å². The molecule has 1 unspecified atom stereocenters. The van der Waals surface area contributed by atoms with E-state index in [-0.39, 0.29) is 5.60 Å². The molecule has 110 valence electrons. The van der Waals surface area contributed by atoms with Crippen molar-refractivity contribution in [1.29, 1.82) is 0 Å². The number of benzene rings is 1. The van der Waals surface area contributed by atoms with E-state index < -0.39 is 0 Å². The Morgan fingerprint density at radius 3 is 3.00 bits per heavy atom. The Morgan fingerprint density at radius 1 is 1.24 bits per heavy atom. The molecule has 21 heavy (non-hydrogen) atoms. The molecule has 2 saturated heterocycles. The molecule has 0 bridgehead atoms. The van der Waals surface area contributed by atoms with Gasteiger partial charge in [0.05, 0.1) is 17.7 Å². The first-order chi connectivity index (χ1) is 10.3. The summed E-state index contributed by atoms with van der Waals surface area (Å²) in [6, 6.07) is 10.6. The van der Waals surface area contributed by atoms with Crippen LogP contribution < -0.4 is 5.32 Å². The Hall–Kier alpha value is -1.45. The van der Waals surface area contributed by atoms with Crippen LogP contribution in [0, 0.1) is 5.92 Å². The molecule has 1 N–H and O–H groups in total. The molecule has 2 aromatic rings. The van der Waals surface area contributed by atoms with Gasteiger partial charge in [0.15, 0.2) is 0 Å². The van der Waals surface area contributed by atoms with Crippen molar-refractivity contribution in [2.75, 3.05) is 19.7 Å². The summed E-state index contributed by atoms with van der Waals surface area (Å²) in [6.45, 7) is 3.11. The Kier molecular flexibility index (Phi) is 3.40. The van der Waals surface area contributed by atoms with E-state index >= 15 is 0 Å². The van der Waals surface area contributed by atoms with E-state index in [4.69, 9.17) is 4.74 Å². The molecule has 2 aliphatic rings. The molecule has 1 aromatic heterocycles. The van der Waals surface area contributed by atoms with Crippen molar-refractivity contribution in [3.8, 4) is 0 Å². The number of hydrogen-bond donors (Lipinski definition) is 1. The van der Waals surface area contributed by atoms with Gasteiger partial charge < -0.3 is 10.1 Å². The monoisotopic (exact) mass is 282 g/mol. The first-order valence-electron chi connectivity index (χ1n) is 8.01. The van der Waals surface area contributed by atoms with E-state index in [9.17, 15) is 0 Å². The second-order valence-electron chi connectivity index (χ2n) is 6.55. The first-order valence-corrected chi connectivity index (χ1v) is 8.01. The molecular weight excluding hydrogens is 260 g/mol. The van der Waals surface area contributed by atoms with E-state index in [0.717, 1.165) is 31.6 Å². The maximum atomic E-state index is 6.19. The van der Waals surface area contributed by atoms with Crippen LogP contribution in [0.5, 0.6) is 0 Å². The standard InChI is InChI=1S/C18H22N2O/c1-2-4-17-16(3-1)10-14(12-20-17)9-15-11-18(21-13-15)5-7-19-8-6-18/h1-4,10,12,15,19H,5-9,11,13H2. The van der Waals surface area contributed by atoms with Gasteiger partial charge in [0.1, 0.15) is 0 Å². The number of fused-ring (bicyclic) bond motifs is 1. The lowest BCUT2D eigenvalue weighted by molar-refractivity contribution is -0.0196. The molecule has 2 aliphatic heterocycles. The van der Waals surface area contributed by atoms with Crippen LogP contribution in [0.3, 0.4) is 0 Å². The van der Waals surface area contributed by atoms with Crippen LogP contribution in [-0.2, 0) is 11.2 Å². The lowest BCUT2D eigenvalue weighted by atomic mass is 9.84. The highest BCUT2D eigenvalue weighted by molar-refractivity contribution is 5.78. The molecule has 0 saturated carbocycles. The van der Waals surface area contributed by atoms with Crippen molar-refractivity contribution in [2.24, 2.45) is 5.92 Å². The molecular formula is C18H22N2O. The maximum absolute atomic E-state index is 6.19. The number of piperidine rings is 1. The molecule has 0 amide bonds. The predicted octanol–water partition coefficient (Wildman–Crippen LogP) is 2.94. The summed E-state index contributed by atoms with van der Waals surface area (Å²) in [5.74, 6) is 0.645. The quantitative estimate of drug-likeness (QED) is 0.919. The number of aromatic nitrogens is 1. The average Bonchev–Trinajstić information content (AvgIpc) is 2.90. The molecule has 0 aliphatic carbocycles. The first kappa shape index (κ1) is 13.2. The SMILES string of the molecule is c1ccc2ncc(CC3COC4(CCNCC4)C3)cc2c1. The van der Waals surface area contributed by atoms with Gasteiger partial charge in [-0.1, -0.05) is 18.2 Å². The van der Waals surface area contributed by atoms with Gasteiger partial charge in [-0.3, -0.25) is 4.98 Å². The summed E-state index contributed by atoms with van der Waals surface area (Å²) in [6.07, 6.45) is 6.67. The minimum absolute atomic E-state index is 0.167. The summed E-state index contributed by atoms with van der Waals surface area (Å²) in [7, 11) is 0. The molecule has 3 nitrogen and oxygen atoms in total. The van der Waals surface area contributed by atoms with Crippen molar-refractivity contribution in [3.63, 3.8) is 0 Å². The van der Waals surface area contributed by atoms with Crippen molar-refractivity contribution >= 4 is 10.9 Å². The lowest BCUT2D eigenvalue weighted by Crippen LogP contribution is -2.41. The number of para-hydroxylation sites is 1. The van der Waals surface area contributed by atoms with E-state index in [1.54, 1.807) is 0 Å². The second-order valence-corrected chi connectivity index (χ2v) is 6.55. The number of pyridine rings is 1. The minimum Gasteiger partial charge on any atom is -0.375 e. The number of nitrogens with one attached hydrogen (secondary N) is 1. The molecule has 1 spiro atoms. The molecule has 4 rings (SSSR count). The van der Waals surface area contributed by atoms with Crippen LogP contribution in [0.25, 0.3) is 10.9 Å². The van der Waals surface area contributed by atoms with Crippen LogP contribution in [0.1, 0.15) is 24.8 Å². The highest BCUT2D eigenvalue weighted by atomic mass is 16.5. The summed E-state index contributed by atoms with van der Waals surface area (Å²) in [5, 5.41) is 4.67. The zero-order chi connectivity index (χ0) is 14.1. The van der Waals surface area contributed by atoms with Crippen molar-refractivity contribution in [1.82, 2.24) is 10.3 Å². The topological polar surface area (TPSA) is 34.1 Å². The van der Waals surface area contributed by atoms with E-state index in [2.05, 4.69) is 34.6 Å². The third kappa shape index (κ3) is 2.68. The van der Waals surface area contributed by atoms with Crippen LogP contribution in [0.4, 0.5) is 0 Å². The van der Waals surface area contributed by atoms with Crippen LogP contribution >= 0.6 is 0 Å². The smallest absolute Gasteiger partial charge is 0.0710 e. The van der Waals surface area contributed by atoms with Crippen LogP contribution in [-0.4, -0.2) is 30.3 Å². The zero-order valence-electron chi connectivity index (χ0n) is 12.3. The van der Waals surface area contributed by atoms with Gasteiger partial charge in [0.25, 0.3) is 0 Å². The Bertz CT molecular complexity index is 634. The van der Waals surface area contributed by atoms with Crippen molar-refractivity contribution in [2.45, 2.75) is 31.3 Å². The van der Waals surface area contributed by atoms with Crippen LogP contribution in [0.15, 0.2) is 36.5 Å². The van der Waals surface area contributed by atoms with Crippen molar-refractivity contribution in [3.05, 3.63) is 42.1 Å². The van der Waals surface area contributed by atoms with Crippen molar-refractivity contribution < 1.29 is 4.74 Å². The molecule has 1 aromatic carbocycles. The van der Waals surface area contributed by atoms with E-state index in [1.807, 2.05) is 12.3 Å². The lowest BCUT2D eigenvalue weighted by Gasteiger charge is -2.33. The predicted molar refractivity (Wildman–Crippen MR) is 84.3 cm³/mol. The normalized spacial score (nSPS) is 24.7. The van der Waals surface area contributed by atoms with E-state index in [1.165, 1.54) is 30.2 Å². The molecule has 2 fully saturated rings. The van der Waals surface area contributed by atoms with Gasteiger partial charge in [-0.05, 0) is 62.4 Å². The van der Waals surface area contributed by atoms with Gasteiger partial charge in [-0.2, -0.15) is 0 Å². The largest absolute Gasteiger partial charge is 0.375 e. The fraction of sp³-hybridized carbons (Fsp3) is 0.500. The Balaban J connectivity index is 1.48. The zero-order valence-corrected chi connectivity index (χ0v) is 12.3. The van der Waals surface area contributed by atoms with Gasteiger partial charge in [-0.15, -0.1) is 0 Å². The maximum Gasteiger partial charge on any atom is 0.0710 e. The Morgan fingerprint density at radius 2 is 2.10 bits per heavy atom. The number of rotatable bonds is 2. The highest BCUT2D eigenvalue weighted by Gasteiger charge is 2.40. The average molecular weight is 282 g/mol. The Labute approximate surface area is 125 Å². The summed E-state index contributed by atoms with van der Waals surface area (Å²) >= 11 is 0. The molecule has 3 heteroatoms. The second kappa shape index (κ2) is 5.39. The third-order valence-corrected chi connectivity index (χ3v) is 4.97. The third-order valence-electron chi connectivity index (χ3n) is 4.97. The molecule has 0 radical (unpaired) electrons. The van der Waals surface area contributed by atoms with E-state index in [0.29, 0.717) is 5.92 Å². The molecule has 1 atom stereocenters.